The predicted octanol–water partition coefficient (Wildman–Crippen LogP) is 2.44. The highest BCUT2D eigenvalue weighted by atomic mass is 16.6. The Morgan fingerprint density at radius 3 is 2.28 bits per heavy atom. The minimum atomic E-state index is -0.729. The number of nitrogen functional groups attached to an aromatic ring is 1. The molecular formula is C19H22N4O6. The van der Waals surface area contributed by atoms with E-state index in [1.54, 1.807) is 6.07 Å². The number of nitrogens with two attached hydrogens (primary N) is 1. The quantitative estimate of drug-likeness (QED) is 0.266. The van der Waals surface area contributed by atoms with Crippen LogP contribution >= 0.6 is 0 Å². The number of carbonyl (C=O) groups excluding carboxylic acids is 2. The Morgan fingerprint density at radius 2 is 1.69 bits per heavy atom. The number of amides is 2. The van der Waals surface area contributed by atoms with Gasteiger partial charge in [-0.25, -0.2) is 0 Å². The van der Waals surface area contributed by atoms with E-state index in [1.807, 2.05) is 6.92 Å². The Morgan fingerprint density at radius 1 is 1.07 bits per heavy atom. The van der Waals surface area contributed by atoms with E-state index < -0.39 is 22.4 Å². The van der Waals surface area contributed by atoms with Crippen LogP contribution < -0.4 is 26.1 Å². The van der Waals surface area contributed by atoms with Gasteiger partial charge < -0.3 is 15.2 Å². The fourth-order valence-corrected chi connectivity index (χ4v) is 2.36. The average Bonchev–Trinajstić information content (AvgIpc) is 2.72. The van der Waals surface area contributed by atoms with Crippen LogP contribution in [0, 0.1) is 10.1 Å². The lowest BCUT2D eigenvalue weighted by Gasteiger charge is -2.12. The van der Waals surface area contributed by atoms with Crippen molar-refractivity contribution in [3.05, 3.63) is 57.6 Å². The number of hydrogen-bond donors (Lipinski definition) is 3. The number of nitro groups is 1. The van der Waals surface area contributed by atoms with Crippen LogP contribution in [0.3, 0.4) is 0 Å². The molecule has 2 aromatic rings. The molecule has 0 aliphatic carbocycles. The maximum atomic E-state index is 12.3. The summed E-state index contributed by atoms with van der Waals surface area (Å²) < 4.78 is 10.8. The molecular weight excluding hydrogens is 380 g/mol. The molecule has 2 amide bonds. The van der Waals surface area contributed by atoms with Gasteiger partial charge in [0.05, 0.1) is 18.6 Å². The third kappa shape index (κ3) is 5.58. The maximum Gasteiger partial charge on any atom is 0.292 e. The van der Waals surface area contributed by atoms with E-state index in [1.165, 1.54) is 31.4 Å². The van der Waals surface area contributed by atoms with E-state index >= 15 is 0 Å². The third-order valence-electron chi connectivity index (χ3n) is 3.96. The van der Waals surface area contributed by atoms with Gasteiger partial charge in [-0.2, -0.15) is 0 Å². The molecule has 0 bridgehead atoms. The van der Waals surface area contributed by atoms with E-state index in [9.17, 15) is 19.7 Å². The lowest BCUT2D eigenvalue weighted by molar-refractivity contribution is -0.383. The Hall–Kier alpha value is -3.82. The molecule has 2 aromatic carbocycles. The van der Waals surface area contributed by atoms with Crippen molar-refractivity contribution in [3.8, 4) is 11.5 Å². The van der Waals surface area contributed by atoms with Gasteiger partial charge >= 0.3 is 0 Å². The summed E-state index contributed by atoms with van der Waals surface area (Å²) >= 11 is 0. The summed E-state index contributed by atoms with van der Waals surface area (Å²) in [6.45, 7) is 2.58. The summed E-state index contributed by atoms with van der Waals surface area (Å²) in [5.41, 5.74) is 9.70. The number of anilines is 1. The zero-order valence-electron chi connectivity index (χ0n) is 16.1. The van der Waals surface area contributed by atoms with Crippen molar-refractivity contribution in [1.82, 2.24) is 10.9 Å². The van der Waals surface area contributed by atoms with Crippen molar-refractivity contribution in [2.45, 2.75) is 19.8 Å². The number of nitro benzene ring substituents is 1. The minimum Gasteiger partial charge on any atom is -0.493 e. The van der Waals surface area contributed by atoms with Crippen LogP contribution in [0.4, 0.5) is 11.4 Å². The summed E-state index contributed by atoms with van der Waals surface area (Å²) in [5, 5.41) is 10.9. The number of hydrazine groups is 1. The van der Waals surface area contributed by atoms with Crippen molar-refractivity contribution in [2.75, 3.05) is 19.5 Å². The summed E-state index contributed by atoms with van der Waals surface area (Å²) in [4.78, 5) is 34.7. The van der Waals surface area contributed by atoms with Crippen molar-refractivity contribution >= 4 is 23.2 Å². The average molecular weight is 402 g/mol. The van der Waals surface area contributed by atoms with E-state index in [4.69, 9.17) is 15.2 Å². The summed E-state index contributed by atoms with van der Waals surface area (Å²) in [6.07, 6.45) is 1.88. The van der Waals surface area contributed by atoms with E-state index in [2.05, 4.69) is 10.9 Å². The second kappa shape index (κ2) is 9.93. The van der Waals surface area contributed by atoms with Gasteiger partial charge in [0.15, 0.2) is 11.5 Å². The van der Waals surface area contributed by atoms with Gasteiger partial charge in [-0.05, 0) is 36.8 Å². The molecule has 2 rings (SSSR count). The first kappa shape index (κ1) is 21.5. The number of nitrogens with one attached hydrogen (secondary N) is 2. The molecule has 0 spiro atoms. The lowest BCUT2D eigenvalue weighted by Crippen LogP contribution is -2.41. The van der Waals surface area contributed by atoms with E-state index in [0.29, 0.717) is 18.1 Å². The van der Waals surface area contributed by atoms with Gasteiger partial charge in [0.1, 0.15) is 5.69 Å². The molecule has 10 nitrogen and oxygen atoms in total. The first-order valence-electron chi connectivity index (χ1n) is 8.82. The molecule has 10 heteroatoms. The molecule has 0 saturated carbocycles. The highest BCUT2D eigenvalue weighted by Crippen LogP contribution is 2.28. The summed E-state index contributed by atoms with van der Waals surface area (Å²) in [6, 6.07) is 8.21. The van der Waals surface area contributed by atoms with Crippen LogP contribution in [0.25, 0.3) is 0 Å². The zero-order valence-corrected chi connectivity index (χ0v) is 16.1. The number of methoxy groups -OCH3 is 1. The Balaban J connectivity index is 2.04. The van der Waals surface area contributed by atoms with Crippen LogP contribution in [0.15, 0.2) is 36.4 Å². The van der Waals surface area contributed by atoms with Gasteiger partial charge in [-0.1, -0.05) is 13.3 Å². The largest absolute Gasteiger partial charge is 0.493 e. The zero-order chi connectivity index (χ0) is 21.4. The first-order chi connectivity index (χ1) is 13.9. The van der Waals surface area contributed by atoms with Crippen molar-refractivity contribution in [2.24, 2.45) is 0 Å². The highest BCUT2D eigenvalue weighted by molar-refractivity contribution is 6.00. The number of nitrogens with zero attached hydrogens (tertiary/aromatic N) is 1. The highest BCUT2D eigenvalue weighted by Gasteiger charge is 2.17. The molecule has 29 heavy (non-hydrogen) atoms. The summed E-state index contributed by atoms with van der Waals surface area (Å²) in [7, 11) is 1.46. The molecule has 0 atom stereocenters. The minimum absolute atomic E-state index is 0.0246. The van der Waals surface area contributed by atoms with Crippen LogP contribution in [0.5, 0.6) is 11.5 Å². The number of unbranched alkanes of at least 4 members (excludes halogenated alkanes) is 1. The number of hydrogen-bond acceptors (Lipinski definition) is 7. The first-order valence-corrected chi connectivity index (χ1v) is 8.82. The van der Waals surface area contributed by atoms with Crippen molar-refractivity contribution < 1.29 is 24.0 Å². The monoisotopic (exact) mass is 402 g/mol. The van der Waals surface area contributed by atoms with Gasteiger partial charge in [0, 0.05) is 17.2 Å². The lowest BCUT2D eigenvalue weighted by atomic mass is 10.1. The third-order valence-corrected chi connectivity index (χ3v) is 3.96. The second-order valence-electron chi connectivity index (χ2n) is 6.01. The molecule has 0 aliphatic heterocycles. The second-order valence-corrected chi connectivity index (χ2v) is 6.01. The van der Waals surface area contributed by atoms with Crippen LogP contribution in [0.1, 0.15) is 40.5 Å². The molecule has 4 N–H and O–H groups in total. The fourth-order valence-electron chi connectivity index (χ4n) is 2.36. The molecule has 0 radical (unpaired) electrons. The van der Waals surface area contributed by atoms with Crippen LogP contribution in [-0.4, -0.2) is 30.5 Å². The predicted molar refractivity (Wildman–Crippen MR) is 106 cm³/mol. The van der Waals surface area contributed by atoms with Crippen molar-refractivity contribution in [3.63, 3.8) is 0 Å². The van der Waals surface area contributed by atoms with E-state index in [0.717, 1.165) is 18.9 Å². The Labute approximate surface area is 167 Å². The Bertz CT molecular complexity index is 916. The van der Waals surface area contributed by atoms with Gasteiger partial charge in [0.2, 0.25) is 0 Å². The number of benzene rings is 2. The topological polar surface area (TPSA) is 146 Å². The fraction of sp³-hybridized carbons (Fsp3) is 0.263. The molecule has 0 saturated heterocycles. The van der Waals surface area contributed by atoms with Gasteiger partial charge in [-0.3, -0.25) is 30.6 Å². The molecule has 0 heterocycles. The molecule has 0 aliphatic rings. The number of rotatable bonds is 8. The summed E-state index contributed by atoms with van der Waals surface area (Å²) in [5.74, 6) is -0.431. The Kier molecular flexibility index (Phi) is 7.35. The smallest absolute Gasteiger partial charge is 0.292 e. The van der Waals surface area contributed by atoms with Crippen LogP contribution in [-0.2, 0) is 0 Å². The molecule has 154 valence electrons. The standard InChI is InChI=1S/C19H22N4O6/c1-3-4-9-29-16-8-6-13(11-17(16)28-2)19(25)22-21-18(24)12-5-7-14(20)15(10-12)23(26)27/h5-8,10-11H,3-4,9,20H2,1-2H3,(H,21,24)(H,22,25). The molecule has 0 unspecified atom stereocenters. The van der Waals surface area contributed by atoms with E-state index in [-0.39, 0.29) is 16.8 Å². The van der Waals surface area contributed by atoms with Crippen molar-refractivity contribution in [1.29, 1.82) is 0 Å². The normalized spacial score (nSPS) is 10.1. The number of carbonyl (C=O) groups is 2. The number of ether oxygens (including phenoxy) is 2. The molecule has 0 aromatic heterocycles. The van der Waals surface area contributed by atoms with Crippen LogP contribution in [0.2, 0.25) is 0 Å². The van der Waals surface area contributed by atoms with Gasteiger partial charge in [-0.15, -0.1) is 0 Å². The maximum absolute atomic E-state index is 12.3. The van der Waals surface area contributed by atoms with Gasteiger partial charge in [0.25, 0.3) is 17.5 Å². The molecule has 0 fully saturated rings. The SMILES string of the molecule is CCCCOc1ccc(C(=O)NNC(=O)c2ccc(N)c([N+](=O)[O-])c2)cc1OC.